The molecule has 150 valence electrons. The molecule has 0 saturated carbocycles. The van der Waals surface area contributed by atoms with Gasteiger partial charge in [-0.05, 0) is 42.7 Å². The lowest BCUT2D eigenvalue weighted by Crippen LogP contribution is -2.30. The van der Waals surface area contributed by atoms with Crippen molar-refractivity contribution in [3.05, 3.63) is 71.4 Å². The quantitative estimate of drug-likeness (QED) is 0.429. The molecular formula is C22H21ClN2O4. The van der Waals surface area contributed by atoms with Gasteiger partial charge in [-0.3, -0.25) is 9.78 Å². The fourth-order valence-electron chi connectivity index (χ4n) is 2.77. The Labute approximate surface area is 173 Å². The maximum atomic E-state index is 11.9. The second kappa shape index (κ2) is 10.4. The van der Waals surface area contributed by atoms with Crippen LogP contribution in [0.1, 0.15) is 12.0 Å². The average molecular weight is 413 g/mol. The lowest BCUT2D eigenvalue weighted by atomic mass is 10.1. The van der Waals surface area contributed by atoms with Gasteiger partial charge in [-0.25, -0.2) is 4.79 Å². The number of pyridine rings is 1. The molecule has 0 radical (unpaired) electrons. The van der Waals surface area contributed by atoms with Crippen LogP contribution >= 0.6 is 11.6 Å². The summed E-state index contributed by atoms with van der Waals surface area (Å²) in [5, 5.41) is 4.01. The Morgan fingerprint density at radius 1 is 1.00 bits per heavy atom. The van der Waals surface area contributed by atoms with Gasteiger partial charge >= 0.3 is 5.97 Å². The van der Waals surface area contributed by atoms with Gasteiger partial charge in [-0.15, -0.1) is 0 Å². The van der Waals surface area contributed by atoms with Crippen LogP contribution in [0.15, 0.2) is 60.8 Å². The van der Waals surface area contributed by atoms with E-state index in [4.69, 9.17) is 21.1 Å². The second-order valence-corrected chi connectivity index (χ2v) is 6.74. The molecule has 0 aliphatic rings. The van der Waals surface area contributed by atoms with Crippen LogP contribution in [0.3, 0.4) is 0 Å². The van der Waals surface area contributed by atoms with Crippen LogP contribution in [0.5, 0.6) is 5.75 Å². The highest BCUT2D eigenvalue weighted by Gasteiger charge is 2.11. The number of ether oxygens (including phenoxy) is 2. The molecule has 1 amide bonds. The number of aryl methyl sites for hydroxylation is 1. The zero-order valence-electron chi connectivity index (χ0n) is 15.8. The van der Waals surface area contributed by atoms with Gasteiger partial charge in [0.25, 0.3) is 5.91 Å². The molecule has 0 bridgehead atoms. The summed E-state index contributed by atoms with van der Waals surface area (Å²) in [4.78, 5) is 27.9. The van der Waals surface area contributed by atoms with E-state index in [-0.39, 0.29) is 19.1 Å². The second-order valence-electron chi connectivity index (χ2n) is 6.33. The summed E-state index contributed by atoms with van der Waals surface area (Å²) in [5.74, 6) is -0.555. The Kier molecular flexibility index (Phi) is 7.41. The smallest absolute Gasteiger partial charge is 0.344 e. The molecule has 1 heterocycles. The molecule has 7 heteroatoms. The Hall–Kier alpha value is -3.12. The van der Waals surface area contributed by atoms with Gasteiger partial charge in [-0.1, -0.05) is 41.9 Å². The summed E-state index contributed by atoms with van der Waals surface area (Å²) >= 11 is 6.13. The zero-order valence-corrected chi connectivity index (χ0v) is 16.5. The molecular weight excluding hydrogens is 392 g/mol. The number of halogens is 1. The monoisotopic (exact) mass is 412 g/mol. The molecule has 1 N–H and O–H groups in total. The summed E-state index contributed by atoms with van der Waals surface area (Å²) < 4.78 is 10.4. The number of carbonyl (C=O) groups excluding carboxylic acids is 2. The lowest BCUT2D eigenvalue weighted by molar-refractivity contribution is -0.150. The number of hydrogen-bond donors (Lipinski definition) is 1. The molecule has 3 aromatic rings. The number of amides is 1. The first-order valence-corrected chi connectivity index (χ1v) is 9.63. The van der Waals surface area contributed by atoms with E-state index in [0.29, 0.717) is 22.8 Å². The predicted octanol–water partition coefficient (Wildman–Crippen LogP) is 3.56. The number of rotatable bonds is 9. The molecule has 2 aromatic carbocycles. The van der Waals surface area contributed by atoms with Crippen LogP contribution in [0.4, 0.5) is 0 Å². The number of hydrogen-bond acceptors (Lipinski definition) is 5. The molecule has 3 rings (SSSR count). The van der Waals surface area contributed by atoms with Gasteiger partial charge in [0.1, 0.15) is 11.3 Å². The number of fused-ring (bicyclic) bond motifs is 1. The van der Waals surface area contributed by atoms with Crippen molar-refractivity contribution in [2.75, 3.05) is 19.8 Å². The average Bonchev–Trinajstić information content (AvgIpc) is 2.76. The number of nitrogens with zero attached hydrogens (tertiary/aromatic N) is 1. The lowest BCUT2D eigenvalue weighted by Gasteiger charge is -2.10. The maximum absolute atomic E-state index is 11.9. The summed E-state index contributed by atoms with van der Waals surface area (Å²) in [6, 6.07) is 16.9. The van der Waals surface area contributed by atoms with Crippen molar-refractivity contribution < 1.29 is 19.1 Å². The zero-order chi connectivity index (χ0) is 20.5. The highest BCUT2D eigenvalue weighted by molar-refractivity contribution is 6.35. The molecule has 6 nitrogen and oxygen atoms in total. The van der Waals surface area contributed by atoms with Crippen LogP contribution in [0, 0.1) is 0 Å². The first-order chi connectivity index (χ1) is 14.1. The maximum Gasteiger partial charge on any atom is 0.344 e. The molecule has 0 aliphatic carbocycles. The van der Waals surface area contributed by atoms with E-state index in [9.17, 15) is 9.59 Å². The first-order valence-electron chi connectivity index (χ1n) is 9.26. The SMILES string of the molecule is O=C(COC(=O)COc1ccc(Cl)c2cccnc12)NCCCc1ccccc1. The van der Waals surface area contributed by atoms with Gasteiger partial charge in [0.2, 0.25) is 0 Å². The number of carbonyl (C=O) groups is 2. The van der Waals surface area contributed by atoms with Gasteiger partial charge in [-0.2, -0.15) is 0 Å². The Morgan fingerprint density at radius 2 is 1.83 bits per heavy atom. The Balaban J connectivity index is 1.37. The summed E-state index contributed by atoms with van der Waals surface area (Å²) in [5.41, 5.74) is 1.78. The van der Waals surface area contributed by atoms with Crippen molar-refractivity contribution in [1.82, 2.24) is 10.3 Å². The van der Waals surface area contributed by atoms with E-state index >= 15 is 0 Å². The Morgan fingerprint density at radius 3 is 2.66 bits per heavy atom. The molecule has 0 saturated heterocycles. The van der Waals surface area contributed by atoms with Crippen LogP contribution < -0.4 is 10.1 Å². The van der Waals surface area contributed by atoms with E-state index in [1.54, 1.807) is 24.4 Å². The van der Waals surface area contributed by atoms with Crippen molar-refractivity contribution in [1.29, 1.82) is 0 Å². The molecule has 0 unspecified atom stereocenters. The topological polar surface area (TPSA) is 77.5 Å². The van der Waals surface area contributed by atoms with E-state index < -0.39 is 5.97 Å². The number of aromatic nitrogens is 1. The molecule has 0 aliphatic heterocycles. The van der Waals surface area contributed by atoms with Gasteiger partial charge in [0.05, 0.1) is 5.02 Å². The summed E-state index contributed by atoms with van der Waals surface area (Å²) in [6.07, 6.45) is 3.30. The van der Waals surface area contributed by atoms with Gasteiger partial charge < -0.3 is 14.8 Å². The predicted molar refractivity (Wildman–Crippen MR) is 111 cm³/mol. The minimum atomic E-state index is -0.636. The molecule has 1 aromatic heterocycles. The standard InChI is InChI=1S/C22H21ClN2O4/c23-18-10-11-19(22-17(18)9-5-13-25-22)28-15-21(27)29-14-20(26)24-12-4-8-16-6-2-1-3-7-16/h1-3,5-7,9-11,13H,4,8,12,14-15H2,(H,24,26). The minimum absolute atomic E-state index is 0.325. The van der Waals surface area contributed by atoms with E-state index in [2.05, 4.69) is 10.3 Å². The highest BCUT2D eigenvalue weighted by atomic mass is 35.5. The number of benzene rings is 2. The number of nitrogens with one attached hydrogen (secondary N) is 1. The van der Waals surface area contributed by atoms with Crippen molar-refractivity contribution in [2.45, 2.75) is 12.8 Å². The van der Waals surface area contributed by atoms with Crippen LogP contribution in [-0.4, -0.2) is 36.6 Å². The third-order valence-corrected chi connectivity index (χ3v) is 4.53. The van der Waals surface area contributed by atoms with Gasteiger partial charge in [0, 0.05) is 18.1 Å². The van der Waals surface area contributed by atoms with Crippen molar-refractivity contribution in [3.8, 4) is 5.75 Å². The molecule has 0 spiro atoms. The minimum Gasteiger partial charge on any atom is -0.480 e. The summed E-state index contributed by atoms with van der Waals surface area (Å²) in [7, 11) is 0. The van der Waals surface area contributed by atoms with E-state index in [1.165, 1.54) is 5.56 Å². The highest BCUT2D eigenvalue weighted by Crippen LogP contribution is 2.29. The van der Waals surface area contributed by atoms with Crippen LogP contribution in [0.25, 0.3) is 10.9 Å². The van der Waals surface area contributed by atoms with Crippen molar-refractivity contribution >= 4 is 34.4 Å². The van der Waals surface area contributed by atoms with E-state index in [1.807, 2.05) is 36.4 Å². The molecule has 0 fully saturated rings. The number of esters is 1. The fourth-order valence-corrected chi connectivity index (χ4v) is 2.98. The third kappa shape index (κ3) is 6.19. The summed E-state index contributed by atoms with van der Waals surface area (Å²) in [6.45, 7) is -0.147. The van der Waals surface area contributed by atoms with Crippen molar-refractivity contribution in [2.24, 2.45) is 0 Å². The van der Waals surface area contributed by atoms with Crippen molar-refractivity contribution in [3.63, 3.8) is 0 Å². The largest absolute Gasteiger partial charge is 0.480 e. The normalized spacial score (nSPS) is 10.5. The van der Waals surface area contributed by atoms with Gasteiger partial charge in [0.15, 0.2) is 13.2 Å². The Bertz CT molecular complexity index is 979. The van der Waals surface area contributed by atoms with Crippen LogP contribution in [0.2, 0.25) is 5.02 Å². The van der Waals surface area contributed by atoms with Crippen LogP contribution in [-0.2, 0) is 20.7 Å². The molecule has 29 heavy (non-hydrogen) atoms. The first kappa shape index (κ1) is 20.6. The van der Waals surface area contributed by atoms with E-state index in [0.717, 1.165) is 18.2 Å². The fraction of sp³-hybridized carbons (Fsp3) is 0.227. The molecule has 0 atom stereocenters. The third-order valence-electron chi connectivity index (χ3n) is 4.20.